The minimum Gasteiger partial charge on any atom is -0.439 e. The normalized spacial score (nSPS) is 14.7. The summed E-state index contributed by atoms with van der Waals surface area (Å²) in [5.41, 5.74) is 3.20. The molecule has 0 bridgehead atoms. The molecule has 2 heterocycles. The van der Waals surface area contributed by atoms with Gasteiger partial charge in [-0.15, -0.1) is 0 Å². The van der Waals surface area contributed by atoms with Crippen molar-refractivity contribution in [3.8, 4) is 11.6 Å². The molecule has 1 aromatic heterocycles. The summed E-state index contributed by atoms with van der Waals surface area (Å²) in [6.45, 7) is 7.56. The molecule has 1 aliphatic rings. The van der Waals surface area contributed by atoms with Crippen molar-refractivity contribution in [1.82, 2.24) is 9.88 Å². The summed E-state index contributed by atoms with van der Waals surface area (Å²) in [7, 11) is 0. The zero-order valence-corrected chi connectivity index (χ0v) is 18.0. The van der Waals surface area contributed by atoms with Gasteiger partial charge in [0.1, 0.15) is 5.75 Å². The lowest BCUT2D eigenvalue weighted by atomic mass is 10.0. The van der Waals surface area contributed by atoms with Crippen LogP contribution in [0, 0.1) is 0 Å². The molecule has 0 atom stereocenters. The Morgan fingerprint density at radius 1 is 0.968 bits per heavy atom. The molecule has 160 valence electrons. The standard InChI is InChI=1S/C25H28N4O2/c1-19(2)20-7-6-10-23(17-20)31-24-18-21(11-12-26-24)25(27-30)29-15-13-28(14-16-29)22-8-4-3-5-9-22/h3-12,17-19,30H,13-16H2,1-2H3/b27-25-. The highest BCUT2D eigenvalue weighted by Gasteiger charge is 2.22. The van der Waals surface area contributed by atoms with Gasteiger partial charge in [-0.3, -0.25) is 0 Å². The first kappa shape index (κ1) is 20.7. The van der Waals surface area contributed by atoms with Crippen LogP contribution < -0.4 is 9.64 Å². The van der Waals surface area contributed by atoms with Gasteiger partial charge in [-0.25, -0.2) is 4.98 Å². The smallest absolute Gasteiger partial charge is 0.219 e. The third-order valence-corrected chi connectivity index (χ3v) is 5.54. The number of amidine groups is 1. The van der Waals surface area contributed by atoms with Crippen LogP contribution in [-0.2, 0) is 0 Å². The highest BCUT2D eigenvalue weighted by atomic mass is 16.5. The number of rotatable bonds is 5. The number of piperazine rings is 1. The average molecular weight is 417 g/mol. The summed E-state index contributed by atoms with van der Waals surface area (Å²) in [5, 5.41) is 13.4. The third-order valence-electron chi connectivity index (χ3n) is 5.54. The van der Waals surface area contributed by atoms with Gasteiger partial charge in [-0.1, -0.05) is 49.3 Å². The second kappa shape index (κ2) is 9.51. The summed E-state index contributed by atoms with van der Waals surface area (Å²) >= 11 is 0. The van der Waals surface area contributed by atoms with Gasteiger partial charge < -0.3 is 19.7 Å². The predicted molar refractivity (Wildman–Crippen MR) is 123 cm³/mol. The monoisotopic (exact) mass is 416 g/mol. The van der Waals surface area contributed by atoms with Gasteiger partial charge in [0.15, 0.2) is 5.84 Å². The van der Waals surface area contributed by atoms with E-state index in [1.807, 2.05) is 36.4 Å². The Hall–Kier alpha value is -3.54. The third kappa shape index (κ3) is 4.97. The maximum atomic E-state index is 9.76. The fraction of sp³-hybridized carbons (Fsp3) is 0.280. The van der Waals surface area contributed by atoms with Crippen LogP contribution in [0.2, 0.25) is 0 Å². The molecule has 6 heteroatoms. The molecule has 31 heavy (non-hydrogen) atoms. The lowest BCUT2D eigenvalue weighted by molar-refractivity contribution is 0.296. The van der Waals surface area contributed by atoms with Crippen molar-refractivity contribution in [1.29, 1.82) is 0 Å². The number of ether oxygens (including phenoxy) is 1. The van der Waals surface area contributed by atoms with Gasteiger partial charge in [0.25, 0.3) is 0 Å². The lowest BCUT2D eigenvalue weighted by Gasteiger charge is -2.37. The van der Waals surface area contributed by atoms with Crippen LogP contribution in [0.15, 0.2) is 78.1 Å². The Morgan fingerprint density at radius 3 is 2.45 bits per heavy atom. The van der Waals surface area contributed by atoms with Crippen molar-refractivity contribution in [2.24, 2.45) is 5.16 Å². The molecule has 1 N–H and O–H groups in total. The minimum atomic E-state index is 0.422. The number of nitrogens with zero attached hydrogens (tertiary/aromatic N) is 4. The summed E-state index contributed by atoms with van der Waals surface area (Å²) < 4.78 is 5.99. The van der Waals surface area contributed by atoms with Crippen LogP contribution in [0.4, 0.5) is 5.69 Å². The molecule has 0 spiro atoms. The molecule has 0 radical (unpaired) electrons. The van der Waals surface area contributed by atoms with E-state index in [1.54, 1.807) is 6.20 Å². The summed E-state index contributed by atoms with van der Waals surface area (Å²) in [6, 6.07) is 22.1. The fourth-order valence-electron chi connectivity index (χ4n) is 3.78. The topological polar surface area (TPSA) is 61.2 Å². The number of benzene rings is 2. The number of pyridine rings is 1. The second-order valence-corrected chi connectivity index (χ2v) is 7.95. The van der Waals surface area contributed by atoms with Gasteiger partial charge in [0.05, 0.1) is 0 Å². The molecule has 0 saturated carbocycles. The van der Waals surface area contributed by atoms with Crippen LogP contribution in [0.25, 0.3) is 0 Å². The Kier molecular flexibility index (Phi) is 6.36. The van der Waals surface area contributed by atoms with Crippen molar-refractivity contribution < 1.29 is 9.94 Å². The van der Waals surface area contributed by atoms with Crippen LogP contribution in [0.3, 0.4) is 0 Å². The molecule has 3 aromatic rings. The molecule has 1 aliphatic heterocycles. The summed E-state index contributed by atoms with van der Waals surface area (Å²) in [6.07, 6.45) is 1.68. The Balaban J connectivity index is 1.46. The van der Waals surface area contributed by atoms with Crippen molar-refractivity contribution in [2.45, 2.75) is 19.8 Å². The van der Waals surface area contributed by atoms with E-state index in [4.69, 9.17) is 4.74 Å². The Morgan fingerprint density at radius 2 is 1.74 bits per heavy atom. The van der Waals surface area contributed by atoms with E-state index >= 15 is 0 Å². The lowest BCUT2D eigenvalue weighted by Crippen LogP contribution is -2.49. The first-order valence-corrected chi connectivity index (χ1v) is 10.7. The number of oxime groups is 1. The van der Waals surface area contributed by atoms with Crippen molar-refractivity contribution in [3.05, 3.63) is 84.1 Å². The number of aromatic nitrogens is 1. The maximum absolute atomic E-state index is 9.76. The van der Waals surface area contributed by atoms with E-state index in [-0.39, 0.29) is 0 Å². The maximum Gasteiger partial charge on any atom is 0.219 e. The highest BCUT2D eigenvalue weighted by molar-refractivity contribution is 5.98. The molecular weight excluding hydrogens is 388 g/mol. The van der Waals surface area contributed by atoms with Crippen molar-refractivity contribution in [2.75, 3.05) is 31.1 Å². The predicted octanol–water partition coefficient (Wildman–Crippen LogP) is 4.96. The van der Waals surface area contributed by atoms with Gasteiger partial charge in [-0.2, -0.15) is 0 Å². The molecule has 4 rings (SSSR count). The zero-order valence-electron chi connectivity index (χ0n) is 18.0. The molecule has 1 fully saturated rings. The quantitative estimate of drug-likeness (QED) is 0.276. The van der Waals surface area contributed by atoms with Gasteiger partial charge in [-0.05, 0) is 41.8 Å². The van der Waals surface area contributed by atoms with E-state index < -0.39 is 0 Å². The van der Waals surface area contributed by atoms with Crippen LogP contribution in [0.5, 0.6) is 11.6 Å². The number of para-hydroxylation sites is 1. The number of hydrogen-bond donors (Lipinski definition) is 1. The van der Waals surface area contributed by atoms with Crippen LogP contribution in [0.1, 0.15) is 30.9 Å². The minimum absolute atomic E-state index is 0.422. The number of hydrogen-bond acceptors (Lipinski definition) is 5. The first-order valence-electron chi connectivity index (χ1n) is 10.7. The SMILES string of the molecule is CC(C)c1cccc(Oc2cc(/C(=N/O)N3CCN(c4ccccc4)CC3)ccn2)c1. The van der Waals surface area contributed by atoms with E-state index in [2.05, 4.69) is 64.1 Å². The van der Waals surface area contributed by atoms with Gasteiger partial charge >= 0.3 is 0 Å². The average Bonchev–Trinajstić information content (AvgIpc) is 2.81. The van der Waals surface area contributed by atoms with Crippen molar-refractivity contribution in [3.63, 3.8) is 0 Å². The molecule has 2 aromatic carbocycles. The van der Waals surface area contributed by atoms with Crippen molar-refractivity contribution >= 4 is 11.5 Å². The van der Waals surface area contributed by atoms with E-state index in [1.165, 1.54) is 11.3 Å². The zero-order chi connectivity index (χ0) is 21.6. The molecule has 1 saturated heterocycles. The van der Waals surface area contributed by atoms with E-state index in [9.17, 15) is 5.21 Å². The Labute approximate surface area is 183 Å². The molecule has 0 amide bonds. The summed E-state index contributed by atoms with van der Waals surface area (Å²) in [5.74, 6) is 2.18. The van der Waals surface area contributed by atoms with Gasteiger partial charge in [0, 0.05) is 49.7 Å². The molecular formula is C25H28N4O2. The Bertz CT molecular complexity index is 1030. The second-order valence-electron chi connectivity index (χ2n) is 7.95. The fourth-order valence-corrected chi connectivity index (χ4v) is 3.78. The van der Waals surface area contributed by atoms with E-state index in [0.717, 1.165) is 37.5 Å². The van der Waals surface area contributed by atoms with Gasteiger partial charge in [0.2, 0.25) is 5.88 Å². The molecule has 0 aliphatic carbocycles. The van der Waals surface area contributed by atoms with Crippen LogP contribution >= 0.6 is 0 Å². The molecule has 0 unspecified atom stereocenters. The number of anilines is 1. The largest absolute Gasteiger partial charge is 0.439 e. The molecule has 6 nitrogen and oxygen atoms in total. The first-order chi connectivity index (χ1) is 15.1. The summed E-state index contributed by atoms with van der Waals surface area (Å²) in [4.78, 5) is 8.77. The highest BCUT2D eigenvalue weighted by Crippen LogP contribution is 2.25. The van der Waals surface area contributed by atoms with E-state index in [0.29, 0.717) is 17.6 Å². The van der Waals surface area contributed by atoms with Crippen LogP contribution in [-0.4, -0.2) is 47.1 Å².